The highest BCUT2D eigenvalue weighted by Crippen LogP contribution is 2.32. The second kappa shape index (κ2) is 11.7. The van der Waals surface area contributed by atoms with E-state index in [4.69, 9.17) is 23.8 Å². The van der Waals surface area contributed by atoms with Gasteiger partial charge in [0.15, 0.2) is 6.10 Å². The molecule has 9 heteroatoms. The van der Waals surface area contributed by atoms with Crippen molar-refractivity contribution in [1.29, 1.82) is 0 Å². The van der Waals surface area contributed by atoms with Crippen molar-refractivity contribution in [1.82, 2.24) is 0 Å². The van der Waals surface area contributed by atoms with Gasteiger partial charge in [-0.2, -0.15) is 0 Å². The number of oxime groups is 1. The van der Waals surface area contributed by atoms with E-state index in [1.54, 1.807) is 24.3 Å². The molecule has 3 aromatic rings. The molecule has 186 valence electrons. The normalized spacial score (nSPS) is 17.1. The molecule has 4 rings (SSSR count). The summed E-state index contributed by atoms with van der Waals surface area (Å²) in [6, 6.07) is 24.1. The molecule has 0 N–H and O–H groups in total. The van der Waals surface area contributed by atoms with E-state index < -0.39 is 24.3 Å². The largest absolute Gasteiger partial charge is 0.510 e. The van der Waals surface area contributed by atoms with E-state index >= 15 is 0 Å². The van der Waals surface area contributed by atoms with E-state index in [-0.39, 0.29) is 6.61 Å². The Bertz CT molecular complexity index is 1190. The number of ether oxygens (including phenoxy) is 5. The number of hydrogen-bond acceptors (Lipinski definition) is 9. The number of hydrogen-bond donors (Lipinski definition) is 0. The number of benzene rings is 3. The van der Waals surface area contributed by atoms with Crippen LogP contribution in [0.3, 0.4) is 0 Å². The molecule has 3 aromatic carbocycles. The molecule has 0 aromatic heterocycles. The zero-order valence-electron chi connectivity index (χ0n) is 19.8. The lowest BCUT2D eigenvalue weighted by molar-refractivity contribution is -0.150. The zero-order valence-corrected chi connectivity index (χ0v) is 19.8. The van der Waals surface area contributed by atoms with Crippen LogP contribution >= 0.6 is 0 Å². The third kappa shape index (κ3) is 6.12. The fourth-order valence-electron chi connectivity index (χ4n) is 3.55. The van der Waals surface area contributed by atoms with Gasteiger partial charge in [0, 0.05) is 5.56 Å². The van der Waals surface area contributed by atoms with Gasteiger partial charge in [0.2, 0.25) is 6.10 Å². The summed E-state index contributed by atoms with van der Waals surface area (Å²) < 4.78 is 26.4. The summed E-state index contributed by atoms with van der Waals surface area (Å²) in [7, 11) is 2.72. The minimum Gasteiger partial charge on any atom is -0.489 e. The highest BCUT2D eigenvalue weighted by atomic mass is 16.8. The Morgan fingerprint density at radius 2 is 1.53 bits per heavy atom. The number of carbonyl (C=O) groups is 2. The molecular formula is C27H25NO8. The Balaban J connectivity index is 1.30. The van der Waals surface area contributed by atoms with Crippen molar-refractivity contribution < 1.29 is 38.1 Å². The summed E-state index contributed by atoms with van der Waals surface area (Å²) in [5.74, 6) is 0.624. The van der Waals surface area contributed by atoms with Gasteiger partial charge in [-0.1, -0.05) is 59.8 Å². The van der Waals surface area contributed by atoms with E-state index in [0.717, 1.165) is 11.1 Å². The minimum atomic E-state index is -1.14. The topological polar surface area (TPSA) is 102 Å². The molecule has 1 aliphatic rings. The highest BCUT2D eigenvalue weighted by molar-refractivity contribution is 6.01. The molecule has 0 bridgehead atoms. The van der Waals surface area contributed by atoms with Crippen molar-refractivity contribution >= 4 is 17.8 Å². The molecular weight excluding hydrogens is 466 g/mol. The summed E-state index contributed by atoms with van der Waals surface area (Å²) in [6.45, 7) is 0.602. The van der Waals surface area contributed by atoms with Crippen LogP contribution in [-0.4, -0.2) is 44.8 Å². The lowest BCUT2D eigenvalue weighted by atomic mass is 10.0. The number of cyclic esters (lactones) is 2. The molecule has 1 saturated heterocycles. The quantitative estimate of drug-likeness (QED) is 0.233. The highest BCUT2D eigenvalue weighted by Gasteiger charge is 2.43. The summed E-state index contributed by atoms with van der Waals surface area (Å²) in [5.41, 5.74) is 3.15. The first-order chi connectivity index (χ1) is 17.6. The Hall–Kier alpha value is -4.53. The fourth-order valence-corrected chi connectivity index (χ4v) is 3.55. The van der Waals surface area contributed by atoms with Gasteiger partial charge in [-0.25, -0.2) is 9.59 Å². The van der Waals surface area contributed by atoms with Crippen molar-refractivity contribution in [2.45, 2.75) is 18.8 Å². The average Bonchev–Trinajstić information content (AvgIpc) is 3.32. The van der Waals surface area contributed by atoms with Gasteiger partial charge in [-0.05, 0) is 35.4 Å². The Morgan fingerprint density at radius 3 is 2.19 bits per heavy atom. The molecule has 0 amide bonds. The van der Waals surface area contributed by atoms with Crippen molar-refractivity contribution in [3.63, 3.8) is 0 Å². The summed E-state index contributed by atoms with van der Waals surface area (Å²) in [4.78, 5) is 28.3. The molecule has 1 aliphatic heterocycles. The zero-order chi connectivity index (χ0) is 25.3. The van der Waals surface area contributed by atoms with E-state index in [0.29, 0.717) is 29.4 Å². The third-order valence-electron chi connectivity index (χ3n) is 5.38. The Labute approximate surface area is 208 Å². The van der Waals surface area contributed by atoms with Crippen LogP contribution in [0.4, 0.5) is 4.79 Å². The van der Waals surface area contributed by atoms with Crippen molar-refractivity contribution in [3.8, 4) is 11.5 Å². The first kappa shape index (κ1) is 24.6. The average molecular weight is 491 g/mol. The first-order valence-corrected chi connectivity index (χ1v) is 11.1. The summed E-state index contributed by atoms with van der Waals surface area (Å²) in [6.07, 6.45) is -2.92. The second-order valence-electron chi connectivity index (χ2n) is 7.73. The van der Waals surface area contributed by atoms with Crippen LogP contribution in [0.1, 0.15) is 22.8 Å². The summed E-state index contributed by atoms with van der Waals surface area (Å²) in [5, 5.41) is 4.06. The van der Waals surface area contributed by atoms with E-state index in [1.807, 2.05) is 54.6 Å². The maximum atomic E-state index is 11.8. The van der Waals surface area contributed by atoms with E-state index in [1.165, 1.54) is 14.2 Å². The maximum Gasteiger partial charge on any atom is 0.510 e. The molecule has 0 radical (unpaired) electrons. The number of rotatable bonds is 10. The van der Waals surface area contributed by atoms with Gasteiger partial charge >= 0.3 is 12.1 Å². The molecule has 1 fully saturated rings. The first-order valence-electron chi connectivity index (χ1n) is 11.1. The molecule has 2 unspecified atom stereocenters. The van der Waals surface area contributed by atoms with Crippen LogP contribution < -0.4 is 9.47 Å². The van der Waals surface area contributed by atoms with Gasteiger partial charge < -0.3 is 28.5 Å². The van der Waals surface area contributed by atoms with Crippen LogP contribution in [0.2, 0.25) is 0 Å². The fraction of sp³-hybridized carbons (Fsp3) is 0.222. The molecule has 2 atom stereocenters. The predicted octanol–water partition coefficient (Wildman–Crippen LogP) is 4.44. The Kier molecular flexibility index (Phi) is 8.02. The summed E-state index contributed by atoms with van der Waals surface area (Å²) >= 11 is 0. The molecule has 0 saturated carbocycles. The van der Waals surface area contributed by atoms with E-state index in [9.17, 15) is 9.59 Å². The molecule has 0 spiro atoms. The monoisotopic (exact) mass is 491 g/mol. The van der Waals surface area contributed by atoms with E-state index in [2.05, 4.69) is 9.89 Å². The molecule has 1 heterocycles. The lowest BCUT2D eigenvalue weighted by Crippen LogP contribution is -2.27. The van der Waals surface area contributed by atoms with Crippen molar-refractivity contribution in [2.75, 3.05) is 20.8 Å². The standard InChI is InChI=1S/C27H25NO8/c1-31-26(29)25-24(35-27(30)36-25)20-10-14-22(15-11-20)33-16-18-8-12-21(13-9-18)34-17-23(28-32-2)19-6-4-3-5-7-19/h3-15,24-25H,16-17H2,1-2H3/b28-23+. The van der Waals surface area contributed by atoms with Gasteiger partial charge in [0.1, 0.15) is 37.5 Å². The second-order valence-corrected chi connectivity index (χ2v) is 7.73. The predicted molar refractivity (Wildman–Crippen MR) is 129 cm³/mol. The number of methoxy groups -OCH3 is 1. The minimum absolute atomic E-state index is 0.262. The number of carbonyl (C=O) groups excluding carboxylic acids is 2. The molecule has 0 aliphatic carbocycles. The molecule has 9 nitrogen and oxygen atoms in total. The van der Waals surface area contributed by atoms with Crippen molar-refractivity contribution in [3.05, 3.63) is 95.6 Å². The third-order valence-corrected chi connectivity index (χ3v) is 5.38. The smallest absolute Gasteiger partial charge is 0.489 e. The van der Waals surface area contributed by atoms with Crippen LogP contribution in [0.25, 0.3) is 0 Å². The lowest BCUT2D eigenvalue weighted by Gasteiger charge is -2.14. The van der Waals surface area contributed by atoms with Gasteiger partial charge in [0.05, 0.1) is 7.11 Å². The maximum absolute atomic E-state index is 11.8. The van der Waals surface area contributed by atoms with Crippen LogP contribution in [0.15, 0.2) is 84.0 Å². The Morgan fingerprint density at radius 1 is 0.861 bits per heavy atom. The van der Waals surface area contributed by atoms with Gasteiger partial charge in [-0.15, -0.1) is 0 Å². The van der Waals surface area contributed by atoms with Gasteiger partial charge in [-0.3, -0.25) is 0 Å². The van der Waals surface area contributed by atoms with Crippen LogP contribution in [-0.2, 0) is 30.4 Å². The van der Waals surface area contributed by atoms with Gasteiger partial charge in [0.25, 0.3) is 0 Å². The number of nitrogens with zero attached hydrogens (tertiary/aromatic N) is 1. The SMILES string of the molecule is CO/N=C(\COc1ccc(COc2ccc(C3OC(=O)OC3C(=O)OC)cc2)cc1)c1ccccc1. The molecule has 36 heavy (non-hydrogen) atoms. The van der Waals surface area contributed by atoms with Crippen molar-refractivity contribution in [2.24, 2.45) is 5.16 Å². The number of esters is 1. The van der Waals surface area contributed by atoms with Crippen LogP contribution in [0.5, 0.6) is 11.5 Å². The van der Waals surface area contributed by atoms with Crippen LogP contribution in [0, 0.1) is 0 Å².